The molecule has 9 heavy (non-hydrogen) atoms. The number of thiophene rings is 1. The van der Waals surface area contributed by atoms with E-state index < -0.39 is 0 Å². The average molecular weight is 162 g/mol. The van der Waals surface area contributed by atoms with Crippen molar-refractivity contribution in [3.8, 4) is 0 Å². The van der Waals surface area contributed by atoms with Crippen LogP contribution in [0.5, 0.6) is 0 Å². The van der Waals surface area contributed by atoms with Crippen molar-refractivity contribution in [2.45, 2.75) is 13.1 Å². The SMILES string of the molecule is Cl.c1cc2c(s1)CNC2. The van der Waals surface area contributed by atoms with Gasteiger partial charge in [-0.1, -0.05) is 0 Å². The first kappa shape index (κ1) is 7.06. The first-order chi connectivity index (χ1) is 3.97. The molecule has 0 saturated heterocycles. The summed E-state index contributed by atoms with van der Waals surface area (Å²) in [4.78, 5) is 1.52. The Balaban J connectivity index is 0.000000405. The molecule has 0 saturated carbocycles. The van der Waals surface area contributed by atoms with E-state index in [1.54, 1.807) is 0 Å². The van der Waals surface area contributed by atoms with Crippen LogP contribution in [-0.4, -0.2) is 0 Å². The maximum atomic E-state index is 3.28. The fourth-order valence-corrected chi connectivity index (χ4v) is 1.86. The van der Waals surface area contributed by atoms with Crippen LogP contribution in [0, 0.1) is 0 Å². The smallest absolute Gasteiger partial charge is 0.0306 e. The van der Waals surface area contributed by atoms with Gasteiger partial charge >= 0.3 is 0 Å². The van der Waals surface area contributed by atoms with Crippen LogP contribution in [0.25, 0.3) is 0 Å². The maximum Gasteiger partial charge on any atom is 0.0306 e. The molecule has 0 aliphatic carbocycles. The highest BCUT2D eigenvalue weighted by atomic mass is 35.5. The lowest BCUT2D eigenvalue weighted by molar-refractivity contribution is 0.767. The lowest BCUT2D eigenvalue weighted by Crippen LogP contribution is -2.00. The summed E-state index contributed by atoms with van der Waals surface area (Å²) in [6, 6.07) is 2.19. The Morgan fingerprint density at radius 3 is 3.11 bits per heavy atom. The molecule has 1 aromatic rings. The molecule has 0 spiro atoms. The first-order valence-electron chi connectivity index (χ1n) is 2.73. The molecule has 2 heterocycles. The van der Waals surface area contributed by atoms with Crippen molar-refractivity contribution in [2.75, 3.05) is 0 Å². The summed E-state index contributed by atoms with van der Waals surface area (Å²) in [5.74, 6) is 0. The third kappa shape index (κ3) is 1.11. The molecule has 0 atom stereocenters. The zero-order valence-electron chi connectivity index (χ0n) is 4.89. The van der Waals surface area contributed by atoms with Crippen LogP contribution in [0.15, 0.2) is 11.4 Å². The molecule has 1 N–H and O–H groups in total. The highest BCUT2D eigenvalue weighted by Crippen LogP contribution is 2.20. The van der Waals surface area contributed by atoms with E-state index in [0.717, 1.165) is 13.1 Å². The maximum absolute atomic E-state index is 3.28. The monoisotopic (exact) mass is 161 g/mol. The van der Waals surface area contributed by atoms with Crippen LogP contribution >= 0.6 is 23.7 Å². The molecule has 0 amide bonds. The molecule has 0 unspecified atom stereocenters. The predicted octanol–water partition coefficient (Wildman–Crippen LogP) is 1.77. The van der Waals surface area contributed by atoms with Crippen LogP contribution in [-0.2, 0) is 13.1 Å². The summed E-state index contributed by atoms with van der Waals surface area (Å²) in [6.07, 6.45) is 0. The molecule has 1 nitrogen and oxygen atoms in total. The Morgan fingerprint density at radius 1 is 1.44 bits per heavy atom. The van der Waals surface area contributed by atoms with E-state index in [2.05, 4.69) is 16.8 Å². The highest BCUT2D eigenvalue weighted by Gasteiger charge is 2.08. The largest absolute Gasteiger partial charge is 0.308 e. The Morgan fingerprint density at radius 2 is 2.33 bits per heavy atom. The second-order valence-electron chi connectivity index (χ2n) is 1.97. The average Bonchev–Trinajstić information content (AvgIpc) is 2.15. The summed E-state index contributed by atoms with van der Waals surface area (Å²) in [7, 11) is 0. The van der Waals surface area contributed by atoms with Crippen LogP contribution in [0.4, 0.5) is 0 Å². The van der Waals surface area contributed by atoms with Crippen LogP contribution in [0.3, 0.4) is 0 Å². The number of fused-ring (bicyclic) bond motifs is 1. The molecule has 0 bridgehead atoms. The van der Waals surface area contributed by atoms with Gasteiger partial charge in [-0.2, -0.15) is 0 Å². The van der Waals surface area contributed by atoms with Crippen molar-refractivity contribution in [3.05, 3.63) is 21.9 Å². The summed E-state index contributed by atoms with van der Waals surface area (Å²) in [5, 5.41) is 5.44. The fraction of sp³-hybridized carbons (Fsp3) is 0.333. The van der Waals surface area contributed by atoms with Crippen LogP contribution in [0.2, 0.25) is 0 Å². The lowest BCUT2D eigenvalue weighted by atomic mass is 10.3. The second kappa shape index (κ2) is 2.69. The number of nitrogens with one attached hydrogen (secondary N) is 1. The minimum absolute atomic E-state index is 0. The summed E-state index contributed by atoms with van der Waals surface area (Å²) in [6.45, 7) is 2.17. The third-order valence-corrected chi connectivity index (χ3v) is 2.40. The van der Waals surface area contributed by atoms with E-state index in [9.17, 15) is 0 Å². The van der Waals surface area contributed by atoms with E-state index in [0.29, 0.717) is 0 Å². The molecule has 0 aromatic carbocycles. The molecular weight excluding hydrogens is 154 g/mol. The molecule has 0 radical (unpaired) electrons. The zero-order valence-corrected chi connectivity index (χ0v) is 6.52. The van der Waals surface area contributed by atoms with Crippen molar-refractivity contribution in [1.29, 1.82) is 0 Å². The van der Waals surface area contributed by atoms with E-state index in [1.165, 1.54) is 10.4 Å². The minimum Gasteiger partial charge on any atom is -0.308 e. The van der Waals surface area contributed by atoms with E-state index in [4.69, 9.17) is 0 Å². The Hall–Kier alpha value is -0.0500. The number of rotatable bonds is 0. The van der Waals surface area contributed by atoms with Gasteiger partial charge in [0.15, 0.2) is 0 Å². The van der Waals surface area contributed by atoms with Gasteiger partial charge in [0.25, 0.3) is 0 Å². The minimum atomic E-state index is 0. The lowest BCUT2D eigenvalue weighted by Gasteiger charge is -1.81. The molecule has 2 rings (SSSR count). The van der Waals surface area contributed by atoms with Gasteiger partial charge in [0.1, 0.15) is 0 Å². The van der Waals surface area contributed by atoms with Crippen LogP contribution in [0.1, 0.15) is 10.4 Å². The van der Waals surface area contributed by atoms with Crippen molar-refractivity contribution in [3.63, 3.8) is 0 Å². The van der Waals surface area contributed by atoms with Gasteiger partial charge in [0.2, 0.25) is 0 Å². The van der Waals surface area contributed by atoms with Crippen molar-refractivity contribution in [2.24, 2.45) is 0 Å². The molecule has 3 heteroatoms. The van der Waals surface area contributed by atoms with Crippen molar-refractivity contribution in [1.82, 2.24) is 5.32 Å². The molecule has 50 valence electrons. The molecule has 1 aliphatic heterocycles. The molecule has 0 fully saturated rings. The second-order valence-corrected chi connectivity index (χ2v) is 2.97. The summed E-state index contributed by atoms with van der Waals surface area (Å²) in [5.41, 5.74) is 1.50. The normalized spacial score (nSPS) is 14.7. The van der Waals surface area contributed by atoms with Crippen LogP contribution < -0.4 is 5.32 Å². The Labute approximate surface area is 64.5 Å². The van der Waals surface area contributed by atoms with Gasteiger partial charge in [-0.25, -0.2) is 0 Å². The molecule has 1 aliphatic rings. The Bertz CT molecular complexity index is 178. The first-order valence-corrected chi connectivity index (χ1v) is 3.61. The number of hydrogen-bond acceptors (Lipinski definition) is 2. The van der Waals surface area contributed by atoms with E-state index >= 15 is 0 Å². The Kier molecular flexibility index (Phi) is 2.11. The van der Waals surface area contributed by atoms with Gasteiger partial charge in [-0.3, -0.25) is 0 Å². The summed E-state index contributed by atoms with van der Waals surface area (Å²) < 4.78 is 0. The van der Waals surface area contributed by atoms with Gasteiger partial charge in [-0.15, -0.1) is 23.7 Å². The van der Waals surface area contributed by atoms with Gasteiger partial charge in [-0.05, 0) is 17.0 Å². The molecule has 1 aromatic heterocycles. The van der Waals surface area contributed by atoms with Crippen molar-refractivity contribution >= 4 is 23.7 Å². The number of hydrogen-bond donors (Lipinski definition) is 1. The van der Waals surface area contributed by atoms with Gasteiger partial charge in [0, 0.05) is 18.0 Å². The van der Waals surface area contributed by atoms with E-state index in [-0.39, 0.29) is 12.4 Å². The van der Waals surface area contributed by atoms with Gasteiger partial charge in [0.05, 0.1) is 0 Å². The summed E-state index contributed by atoms with van der Waals surface area (Å²) >= 11 is 1.85. The fourth-order valence-electron chi connectivity index (χ4n) is 0.990. The molecular formula is C6H8ClNS. The van der Waals surface area contributed by atoms with E-state index in [1.807, 2.05) is 11.3 Å². The highest BCUT2D eigenvalue weighted by molar-refractivity contribution is 7.10. The topological polar surface area (TPSA) is 12.0 Å². The zero-order chi connectivity index (χ0) is 5.40. The van der Waals surface area contributed by atoms with Crippen molar-refractivity contribution < 1.29 is 0 Å². The third-order valence-electron chi connectivity index (χ3n) is 1.44. The van der Waals surface area contributed by atoms with Gasteiger partial charge < -0.3 is 5.32 Å². The predicted molar refractivity (Wildman–Crippen MR) is 42.1 cm³/mol. The number of halogens is 1. The quantitative estimate of drug-likeness (QED) is 0.612. The standard InChI is InChI=1S/C6H7NS.ClH/c1-2-8-6-4-7-3-5(1)6;/h1-2,7H,3-4H2;1H.